The van der Waals surface area contributed by atoms with Gasteiger partial charge < -0.3 is 15.1 Å². The van der Waals surface area contributed by atoms with Crippen LogP contribution in [0.5, 0.6) is 5.75 Å². The molecule has 0 spiro atoms. The molecule has 4 bridgehead atoms. The van der Waals surface area contributed by atoms with Crippen LogP contribution >= 0.6 is 11.8 Å². The summed E-state index contributed by atoms with van der Waals surface area (Å²) in [4.78, 5) is 30.6. The summed E-state index contributed by atoms with van der Waals surface area (Å²) in [7, 11) is 0. The van der Waals surface area contributed by atoms with Gasteiger partial charge in [-0.15, -0.1) is 0 Å². The largest absolute Gasteiger partial charge is 0.505 e. The number of aromatic hydroxyl groups is 1. The summed E-state index contributed by atoms with van der Waals surface area (Å²) in [5, 5.41) is 20.8. The van der Waals surface area contributed by atoms with Crippen LogP contribution in [-0.2, 0) is 15.0 Å². The van der Waals surface area contributed by atoms with Gasteiger partial charge >= 0.3 is 5.97 Å². The molecule has 1 atom stereocenters. The lowest BCUT2D eigenvalue weighted by Gasteiger charge is -2.57. The molecular formula is C31H31FN2O4S. The topological polar surface area (TPSA) is 90.2 Å². The van der Waals surface area contributed by atoms with Crippen LogP contribution in [0.3, 0.4) is 0 Å². The number of carbonyl (C=O) groups excluding carboxylic acids is 1. The molecule has 2 heterocycles. The second-order valence-corrected chi connectivity index (χ2v) is 13.2. The van der Waals surface area contributed by atoms with Gasteiger partial charge in [-0.25, -0.2) is 9.18 Å². The number of amides is 1. The zero-order chi connectivity index (χ0) is 26.9. The quantitative estimate of drug-likeness (QED) is 0.445. The van der Waals surface area contributed by atoms with Gasteiger partial charge in [-0.1, -0.05) is 18.2 Å². The van der Waals surface area contributed by atoms with Crippen molar-refractivity contribution in [3.8, 4) is 16.9 Å². The maximum atomic E-state index is 15.2. The highest BCUT2D eigenvalue weighted by atomic mass is 32.2. The molecule has 2 aromatic rings. The molecular weight excluding hydrogens is 515 g/mol. The third-order valence-corrected chi connectivity index (χ3v) is 10.6. The molecule has 4 saturated carbocycles. The first-order valence-electron chi connectivity index (χ1n) is 13.9. The Labute approximate surface area is 231 Å². The van der Waals surface area contributed by atoms with E-state index in [0.717, 1.165) is 47.9 Å². The van der Waals surface area contributed by atoms with E-state index in [-0.39, 0.29) is 17.1 Å². The lowest BCUT2D eigenvalue weighted by atomic mass is 9.48. The average molecular weight is 547 g/mol. The molecule has 0 aromatic heterocycles. The van der Waals surface area contributed by atoms with E-state index in [9.17, 15) is 19.8 Å². The Kier molecular flexibility index (Phi) is 5.88. The van der Waals surface area contributed by atoms with Crippen molar-refractivity contribution in [3.63, 3.8) is 0 Å². The second kappa shape index (κ2) is 9.22. The number of carboxylic acid groups (broad SMARTS) is 1. The van der Waals surface area contributed by atoms with Crippen LogP contribution in [0.15, 0.2) is 46.3 Å². The van der Waals surface area contributed by atoms with Gasteiger partial charge in [0.25, 0.3) is 5.91 Å². The average Bonchev–Trinajstić information content (AvgIpc) is 3.52. The van der Waals surface area contributed by atoms with Crippen molar-refractivity contribution < 1.29 is 24.2 Å². The molecule has 202 valence electrons. The fourth-order valence-corrected chi connectivity index (χ4v) is 9.33. The molecule has 5 fully saturated rings. The predicted molar refractivity (Wildman–Crippen MR) is 149 cm³/mol. The van der Waals surface area contributed by atoms with E-state index >= 15 is 4.39 Å². The van der Waals surface area contributed by atoms with Crippen molar-refractivity contribution in [1.29, 1.82) is 0 Å². The normalized spacial score (nSPS) is 32.3. The number of rotatable bonds is 4. The summed E-state index contributed by atoms with van der Waals surface area (Å²) in [6, 6.07) is 10.3. The number of aliphatic imine (C=N–C) groups is 1. The minimum absolute atomic E-state index is 0.140. The van der Waals surface area contributed by atoms with E-state index in [1.54, 1.807) is 11.0 Å². The first kappa shape index (κ1) is 24.9. The van der Waals surface area contributed by atoms with Gasteiger partial charge in [0.2, 0.25) is 0 Å². The molecule has 1 saturated heterocycles. The van der Waals surface area contributed by atoms with Gasteiger partial charge in [0, 0.05) is 12.1 Å². The summed E-state index contributed by atoms with van der Waals surface area (Å²) in [5.74, 6) is -0.0244. The zero-order valence-electron chi connectivity index (χ0n) is 21.6. The van der Waals surface area contributed by atoms with Crippen molar-refractivity contribution in [2.45, 2.75) is 62.8 Å². The molecule has 2 aliphatic heterocycles. The zero-order valence-corrected chi connectivity index (χ0v) is 22.4. The number of aliphatic carboxylic acids is 1. The Bertz CT molecular complexity index is 1410. The van der Waals surface area contributed by atoms with E-state index in [4.69, 9.17) is 0 Å². The SMILES string of the molecule is O=C1N=C(N2CCC[C@@H]2C(=O)O)SC1=Cc1cccc(-c2cc(F)c(O)c(C34CC5CC(CC(C5)C3)C4)c2)c1. The Balaban J connectivity index is 1.18. The molecule has 2 aromatic carbocycles. The van der Waals surface area contributed by atoms with Gasteiger partial charge in [0.1, 0.15) is 6.04 Å². The number of phenols is 1. The Morgan fingerprint density at radius 3 is 2.49 bits per heavy atom. The maximum Gasteiger partial charge on any atom is 0.326 e. The number of halogens is 1. The molecule has 8 rings (SSSR count). The molecule has 2 N–H and O–H groups in total. The number of phenolic OH excluding ortho intramolecular Hbond substituents is 1. The fourth-order valence-electron chi connectivity index (χ4n) is 8.34. The molecule has 1 amide bonds. The first-order chi connectivity index (χ1) is 18.8. The summed E-state index contributed by atoms with van der Waals surface area (Å²) in [6.45, 7) is 0.567. The first-order valence-corrected chi connectivity index (χ1v) is 14.7. The molecule has 6 aliphatic rings. The number of amidine groups is 1. The highest BCUT2D eigenvalue weighted by Crippen LogP contribution is 2.62. The number of hydrogen-bond donors (Lipinski definition) is 2. The van der Waals surface area contributed by atoms with Gasteiger partial charge in [0.05, 0.1) is 4.91 Å². The number of hydrogen-bond acceptors (Lipinski definition) is 5. The minimum Gasteiger partial charge on any atom is -0.505 e. The fraction of sp³-hybridized carbons (Fsp3) is 0.452. The molecule has 39 heavy (non-hydrogen) atoms. The molecule has 4 aliphatic carbocycles. The lowest BCUT2D eigenvalue weighted by molar-refractivity contribution is -0.140. The van der Waals surface area contributed by atoms with Gasteiger partial charge in [-0.3, -0.25) is 4.79 Å². The van der Waals surface area contributed by atoms with E-state index in [1.165, 1.54) is 37.1 Å². The minimum atomic E-state index is -0.901. The highest BCUT2D eigenvalue weighted by Gasteiger charge is 2.52. The lowest BCUT2D eigenvalue weighted by Crippen LogP contribution is -2.48. The van der Waals surface area contributed by atoms with Crippen LogP contribution in [0.2, 0.25) is 0 Å². The van der Waals surface area contributed by atoms with E-state index in [1.807, 2.05) is 30.3 Å². The maximum absolute atomic E-state index is 15.2. The number of carboxylic acids is 1. The van der Waals surface area contributed by atoms with Crippen LogP contribution in [0.25, 0.3) is 17.2 Å². The predicted octanol–water partition coefficient (Wildman–Crippen LogP) is 6.19. The third kappa shape index (κ3) is 4.28. The number of benzene rings is 2. The highest BCUT2D eigenvalue weighted by molar-refractivity contribution is 8.18. The van der Waals surface area contributed by atoms with Gasteiger partial charge in [-0.2, -0.15) is 4.99 Å². The summed E-state index contributed by atoms with van der Waals surface area (Å²) >= 11 is 1.20. The summed E-state index contributed by atoms with van der Waals surface area (Å²) in [5.41, 5.74) is 2.94. The second-order valence-electron chi connectivity index (χ2n) is 12.2. The molecule has 0 radical (unpaired) electrons. The van der Waals surface area contributed by atoms with Crippen LogP contribution in [0, 0.1) is 23.6 Å². The van der Waals surface area contributed by atoms with Gasteiger partial charge in [-0.05, 0) is 127 Å². The molecule has 8 heteroatoms. The summed E-state index contributed by atoms with van der Waals surface area (Å²) in [6.07, 6.45) is 9.96. The van der Waals surface area contributed by atoms with Crippen molar-refractivity contribution in [1.82, 2.24) is 4.90 Å². The number of nitrogens with zero attached hydrogens (tertiary/aromatic N) is 2. The van der Waals surface area contributed by atoms with E-state index in [0.29, 0.717) is 40.8 Å². The van der Waals surface area contributed by atoms with Crippen LogP contribution in [0.1, 0.15) is 62.5 Å². The Morgan fingerprint density at radius 2 is 1.79 bits per heavy atom. The third-order valence-electron chi connectivity index (χ3n) is 9.58. The Morgan fingerprint density at radius 1 is 1.08 bits per heavy atom. The van der Waals surface area contributed by atoms with E-state index in [2.05, 4.69) is 4.99 Å². The van der Waals surface area contributed by atoms with Crippen molar-refractivity contribution in [2.75, 3.05) is 6.54 Å². The smallest absolute Gasteiger partial charge is 0.326 e. The van der Waals surface area contributed by atoms with Crippen LogP contribution in [-0.4, -0.2) is 44.7 Å². The van der Waals surface area contributed by atoms with Crippen molar-refractivity contribution in [2.24, 2.45) is 22.7 Å². The summed E-state index contributed by atoms with van der Waals surface area (Å²) < 4.78 is 15.2. The standard InChI is InChI=1S/C31H31FN2O4S/c32-24-13-22(12-23(27(24)35)31-14-18-7-19(15-31)9-20(8-18)16-31)21-4-1-3-17(10-21)11-26-28(36)33-30(39-26)34-6-2-5-25(34)29(37)38/h1,3-4,10-13,18-20,25,35H,2,5-9,14-16H2,(H,37,38)/t18?,19?,20?,25-,31?/m1/s1. The van der Waals surface area contributed by atoms with E-state index < -0.39 is 17.8 Å². The molecule has 0 unspecified atom stereocenters. The van der Waals surface area contributed by atoms with Crippen LogP contribution < -0.4 is 0 Å². The molecule has 6 nitrogen and oxygen atoms in total. The van der Waals surface area contributed by atoms with Gasteiger partial charge in [0.15, 0.2) is 16.7 Å². The Hall–Kier alpha value is -3.13. The number of carbonyl (C=O) groups is 2. The van der Waals surface area contributed by atoms with Crippen molar-refractivity contribution >= 4 is 34.9 Å². The number of likely N-dealkylation sites (tertiary alicyclic amines) is 1. The number of thioether (sulfide) groups is 1. The monoisotopic (exact) mass is 546 g/mol. The van der Waals surface area contributed by atoms with Crippen LogP contribution in [0.4, 0.5) is 4.39 Å². The van der Waals surface area contributed by atoms with Crippen molar-refractivity contribution in [3.05, 3.63) is 58.2 Å².